The lowest BCUT2D eigenvalue weighted by Crippen LogP contribution is -2.06. The van der Waals surface area contributed by atoms with Gasteiger partial charge in [0.05, 0.1) is 10.6 Å². The third kappa shape index (κ3) is 2.99. The number of nitrogen functional groups attached to an aromatic ring is 2. The van der Waals surface area contributed by atoms with Gasteiger partial charge in [-0.25, -0.2) is 0 Å². The normalized spacial score (nSPS) is 14.3. The quantitative estimate of drug-likeness (QED) is 0.673. The summed E-state index contributed by atoms with van der Waals surface area (Å²) < 4.78 is 2.21. The van der Waals surface area contributed by atoms with Crippen LogP contribution in [0.3, 0.4) is 0 Å². The fraction of sp³-hybridized carbons (Fsp3) is 0.308. The first-order valence-electron chi connectivity index (χ1n) is 7.08. The molecule has 3 heterocycles. The highest BCUT2D eigenvalue weighted by Crippen LogP contribution is 2.42. The average Bonchev–Trinajstić information content (AvgIpc) is 3.05. The molecule has 8 nitrogen and oxygen atoms in total. The molecule has 0 spiro atoms. The summed E-state index contributed by atoms with van der Waals surface area (Å²) in [6.45, 7) is 0. The standard InChI is InChI=1S/C13H14N8S2/c14-11-16-9(17-12(15)18-11)6-23-13-20-19-10(8-2-1-5-22-8)21(13)7-3-4-7/h1-2,5,7H,3-4,6H2,(H4,14,15,16,17,18). The minimum Gasteiger partial charge on any atom is -0.368 e. The zero-order valence-electron chi connectivity index (χ0n) is 12.1. The lowest BCUT2D eigenvalue weighted by molar-refractivity contribution is 0.669. The maximum Gasteiger partial charge on any atom is 0.225 e. The predicted molar refractivity (Wildman–Crippen MR) is 89.8 cm³/mol. The van der Waals surface area contributed by atoms with Gasteiger partial charge >= 0.3 is 0 Å². The van der Waals surface area contributed by atoms with Crippen LogP contribution in [0.1, 0.15) is 24.7 Å². The Bertz CT molecular complexity index is 804. The van der Waals surface area contributed by atoms with Crippen LogP contribution >= 0.6 is 23.1 Å². The van der Waals surface area contributed by atoms with Gasteiger partial charge in [-0.1, -0.05) is 17.8 Å². The highest BCUT2D eigenvalue weighted by Gasteiger charge is 2.30. The molecule has 0 amide bonds. The summed E-state index contributed by atoms with van der Waals surface area (Å²) in [4.78, 5) is 13.1. The molecule has 4 N–H and O–H groups in total. The molecule has 23 heavy (non-hydrogen) atoms. The van der Waals surface area contributed by atoms with Crippen molar-refractivity contribution in [2.45, 2.75) is 29.8 Å². The molecule has 3 aromatic heterocycles. The van der Waals surface area contributed by atoms with Gasteiger partial charge in [-0.3, -0.25) is 4.57 Å². The molecule has 0 atom stereocenters. The van der Waals surface area contributed by atoms with Crippen LogP contribution in [0.15, 0.2) is 22.7 Å². The van der Waals surface area contributed by atoms with Gasteiger partial charge in [0.2, 0.25) is 11.9 Å². The smallest absolute Gasteiger partial charge is 0.225 e. The van der Waals surface area contributed by atoms with Crippen molar-refractivity contribution in [3.8, 4) is 10.7 Å². The van der Waals surface area contributed by atoms with E-state index in [0.29, 0.717) is 17.6 Å². The average molecular weight is 346 g/mol. The molecule has 0 unspecified atom stereocenters. The number of nitrogens with two attached hydrogens (primary N) is 2. The SMILES string of the molecule is Nc1nc(N)nc(CSc2nnc(-c3cccs3)n2C2CC2)n1. The van der Waals surface area contributed by atoms with E-state index in [1.54, 1.807) is 11.3 Å². The van der Waals surface area contributed by atoms with Crippen LogP contribution in [0.4, 0.5) is 11.9 Å². The topological polar surface area (TPSA) is 121 Å². The highest BCUT2D eigenvalue weighted by atomic mass is 32.2. The van der Waals surface area contributed by atoms with Gasteiger partial charge in [0.15, 0.2) is 11.0 Å². The lowest BCUT2D eigenvalue weighted by Gasteiger charge is -2.07. The van der Waals surface area contributed by atoms with Crippen molar-refractivity contribution < 1.29 is 0 Å². The molecule has 10 heteroatoms. The highest BCUT2D eigenvalue weighted by molar-refractivity contribution is 7.98. The maximum atomic E-state index is 5.60. The second-order valence-electron chi connectivity index (χ2n) is 5.14. The molecule has 0 aliphatic heterocycles. The van der Waals surface area contributed by atoms with Gasteiger partial charge in [-0.05, 0) is 24.3 Å². The third-order valence-corrected chi connectivity index (χ3v) is 5.17. The van der Waals surface area contributed by atoms with Gasteiger partial charge in [0, 0.05) is 6.04 Å². The van der Waals surface area contributed by atoms with Crippen molar-refractivity contribution in [2.75, 3.05) is 11.5 Å². The molecule has 1 aliphatic carbocycles. The van der Waals surface area contributed by atoms with Crippen molar-refractivity contribution in [2.24, 2.45) is 0 Å². The monoisotopic (exact) mass is 346 g/mol. The van der Waals surface area contributed by atoms with Crippen molar-refractivity contribution >= 4 is 35.0 Å². The largest absolute Gasteiger partial charge is 0.368 e. The molecule has 118 valence electrons. The Balaban J connectivity index is 1.59. The van der Waals surface area contributed by atoms with Crippen molar-refractivity contribution in [1.82, 2.24) is 29.7 Å². The summed E-state index contributed by atoms with van der Waals surface area (Å²) in [5.41, 5.74) is 11.2. The van der Waals surface area contributed by atoms with Crippen LogP contribution in [0.2, 0.25) is 0 Å². The second kappa shape index (κ2) is 5.78. The Morgan fingerprint density at radius 1 is 1.17 bits per heavy atom. The molecular weight excluding hydrogens is 332 g/mol. The van der Waals surface area contributed by atoms with Crippen LogP contribution in [0, 0.1) is 0 Å². The number of thiophene rings is 1. The van der Waals surface area contributed by atoms with E-state index in [-0.39, 0.29) is 11.9 Å². The summed E-state index contributed by atoms with van der Waals surface area (Å²) in [5, 5.41) is 11.6. The van der Waals surface area contributed by atoms with Crippen LogP contribution in [0.25, 0.3) is 10.7 Å². The number of rotatable bonds is 5. The molecule has 3 aromatic rings. The molecule has 4 rings (SSSR count). The van der Waals surface area contributed by atoms with E-state index in [4.69, 9.17) is 11.5 Å². The van der Waals surface area contributed by atoms with Crippen molar-refractivity contribution in [1.29, 1.82) is 0 Å². The zero-order valence-corrected chi connectivity index (χ0v) is 13.7. The van der Waals surface area contributed by atoms with Crippen molar-refractivity contribution in [3.63, 3.8) is 0 Å². The van der Waals surface area contributed by atoms with Crippen LogP contribution in [0.5, 0.6) is 0 Å². The van der Waals surface area contributed by atoms with E-state index < -0.39 is 0 Å². The Labute approximate surface area is 140 Å². The Morgan fingerprint density at radius 3 is 2.61 bits per heavy atom. The van der Waals surface area contributed by atoms with Gasteiger partial charge in [-0.15, -0.1) is 21.5 Å². The molecule has 1 saturated carbocycles. The molecule has 1 fully saturated rings. The van der Waals surface area contributed by atoms with Gasteiger partial charge in [-0.2, -0.15) is 15.0 Å². The molecule has 0 saturated heterocycles. The fourth-order valence-electron chi connectivity index (χ4n) is 2.26. The Hall–Kier alpha value is -2.20. The molecule has 1 aliphatic rings. The van der Waals surface area contributed by atoms with Crippen LogP contribution < -0.4 is 11.5 Å². The number of nitrogens with zero attached hydrogens (tertiary/aromatic N) is 6. The number of anilines is 2. The summed E-state index contributed by atoms with van der Waals surface area (Å²) >= 11 is 3.20. The fourth-order valence-corrected chi connectivity index (χ4v) is 3.83. The number of hydrogen-bond acceptors (Lipinski definition) is 9. The number of thioether (sulfide) groups is 1. The Morgan fingerprint density at radius 2 is 1.96 bits per heavy atom. The van der Waals surface area contributed by atoms with E-state index in [1.165, 1.54) is 11.8 Å². The first-order valence-corrected chi connectivity index (χ1v) is 8.94. The van der Waals surface area contributed by atoms with Crippen LogP contribution in [-0.2, 0) is 5.75 Å². The first-order chi connectivity index (χ1) is 11.2. The molecule has 0 radical (unpaired) electrons. The van der Waals surface area contributed by atoms with E-state index >= 15 is 0 Å². The summed E-state index contributed by atoms with van der Waals surface area (Å²) in [5.74, 6) is 2.27. The third-order valence-electron chi connectivity index (χ3n) is 3.36. The predicted octanol–water partition coefficient (Wildman–Crippen LogP) is 1.98. The lowest BCUT2D eigenvalue weighted by atomic mass is 10.4. The summed E-state index contributed by atoms with van der Waals surface area (Å²) in [7, 11) is 0. The van der Waals surface area contributed by atoms with E-state index in [1.807, 2.05) is 11.4 Å². The van der Waals surface area contributed by atoms with E-state index in [2.05, 4.69) is 35.8 Å². The second-order valence-corrected chi connectivity index (χ2v) is 7.03. The molecular formula is C13H14N8S2. The first kappa shape index (κ1) is 14.4. The molecule has 0 aromatic carbocycles. The minimum absolute atomic E-state index is 0.135. The number of aromatic nitrogens is 6. The summed E-state index contributed by atoms with van der Waals surface area (Å²) in [6, 6.07) is 4.57. The van der Waals surface area contributed by atoms with Gasteiger partial charge in [0.25, 0.3) is 0 Å². The Kier molecular flexibility index (Phi) is 3.62. The van der Waals surface area contributed by atoms with Crippen LogP contribution in [-0.4, -0.2) is 29.7 Å². The molecule has 0 bridgehead atoms. The van der Waals surface area contributed by atoms with Crippen molar-refractivity contribution in [3.05, 3.63) is 23.3 Å². The van der Waals surface area contributed by atoms with Gasteiger partial charge in [0.1, 0.15) is 5.82 Å². The minimum atomic E-state index is 0.135. The van der Waals surface area contributed by atoms with E-state index in [0.717, 1.165) is 28.7 Å². The maximum absolute atomic E-state index is 5.60. The van der Waals surface area contributed by atoms with E-state index in [9.17, 15) is 0 Å². The number of hydrogen-bond donors (Lipinski definition) is 2. The zero-order chi connectivity index (χ0) is 15.8. The summed E-state index contributed by atoms with van der Waals surface area (Å²) in [6.07, 6.45) is 2.32. The van der Waals surface area contributed by atoms with Gasteiger partial charge < -0.3 is 11.5 Å².